The minimum Gasteiger partial charge on any atom is -0.502 e. The molecule has 0 bridgehead atoms. The Morgan fingerprint density at radius 3 is 2.57 bits per heavy atom. The third-order valence-electron chi connectivity index (χ3n) is 3.91. The maximum absolute atomic E-state index is 12.2. The molecule has 1 amide bonds. The Morgan fingerprint density at radius 1 is 1.14 bits per heavy atom. The van der Waals surface area contributed by atoms with Gasteiger partial charge in [0.25, 0.3) is 5.56 Å². The fourth-order valence-electron chi connectivity index (χ4n) is 2.71. The topological polar surface area (TPSA) is 62.5 Å². The first-order valence-corrected chi connectivity index (χ1v) is 6.82. The number of amides is 1. The summed E-state index contributed by atoms with van der Waals surface area (Å²) < 4.78 is 1.29. The summed E-state index contributed by atoms with van der Waals surface area (Å²) in [4.78, 5) is 25.5. The van der Waals surface area contributed by atoms with Crippen LogP contribution in [0.25, 0.3) is 0 Å². The van der Waals surface area contributed by atoms with Crippen molar-refractivity contribution >= 4 is 11.6 Å². The van der Waals surface area contributed by atoms with Gasteiger partial charge in [0.1, 0.15) is 0 Å². The minimum atomic E-state index is -0.497. The van der Waals surface area contributed by atoms with E-state index >= 15 is 0 Å². The summed E-state index contributed by atoms with van der Waals surface area (Å²) in [6.45, 7) is 0.476. The molecule has 0 spiro atoms. The van der Waals surface area contributed by atoms with Gasteiger partial charge in [-0.1, -0.05) is 30.3 Å². The minimum absolute atomic E-state index is 0.0765. The second kappa shape index (κ2) is 5.09. The molecule has 1 N–H and O–H groups in total. The van der Waals surface area contributed by atoms with Crippen molar-refractivity contribution in [2.75, 3.05) is 11.4 Å². The van der Waals surface area contributed by atoms with Crippen molar-refractivity contribution in [2.45, 2.75) is 12.3 Å². The summed E-state index contributed by atoms with van der Waals surface area (Å²) in [5.74, 6) is -0.364. The number of anilines is 1. The van der Waals surface area contributed by atoms with Crippen molar-refractivity contribution in [2.24, 2.45) is 7.05 Å². The molecule has 2 aromatic rings. The van der Waals surface area contributed by atoms with Crippen molar-refractivity contribution in [3.8, 4) is 5.75 Å². The number of benzene rings is 1. The van der Waals surface area contributed by atoms with Gasteiger partial charge in [-0.3, -0.25) is 9.59 Å². The summed E-state index contributed by atoms with van der Waals surface area (Å²) >= 11 is 0. The molecule has 5 nitrogen and oxygen atoms in total. The standard InChI is InChI=1S/C16H16N2O3/c1-17-8-7-13(15(20)16(17)21)18-10-12(9-14(18)19)11-5-3-2-4-6-11/h2-8,12,20H,9-10H2,1H3/t12-/m1/s1. The van der Waals surface area contributed by atoms with E-state index in [0.29, 0.717) is 18.7 Å². The van der Waals surface area contributed by atoms with Crippen molar-refractivity contribution in [1.29, 1.82) is 0 Å². The first kappa shape index (κ1) is 13.4. The van der Waals surface area contributed by atoms with E-state index in [1.807, 2.05) is 30.3 Å². The Bertz CT molecular complexity index is 737. The second-order valence-electron chi connectivity index (χ2n) is 5.28. The highest BCUT2D eigenvalue weighted by Crippen LogP contribution is 2.34. The van der Waals surface area contributed by atoms with Crippen LogP contribution >= 0.6 is 0 Å². The summed E-state index contributed by atoms with van der Waals surface area (Å²) in [5, 5.41) is 9.99. The van der Waals surface area contributed by atoms with Gasteiger partial charge in [-0.2, -0.15) is 0 Å². The Hall–Kier alpha value is -2.56. The molecule has 0 aliphatic carbocycles. The molecule has 21 heavy (non-hydrogen) atoms. The van der Waals surface area contributed by atoms with E-state index in [2.05, 4.69) is 0 Å². The van der Waals surface area contributed by atoms with E-state index < -0.39 is 5.56 Å². The SMILES string of the molecule is Cn1ccc(N2C[C@H](c3ccccc3)CC2=O)c(O)c1=O. The van der Waals surface area contributed by atoms with Gasteiger partial charge in [-0.15, -0.1) is 0 Å². The molecule has 1 aromatic heterocycles. The number of hydrogen-bond donors (Lipinski definition) is 1. The lowest BCUT2D eigenvalue weighted by atomic mass is 9.99. The van der Waals surface area contributed by atoms with Crippen LogP contribution < -0.4 is 10.5 Å². The Kier molecular flexibility index (Phi) is 3.25. The van der Waals surface area contributed by atoms with Gasteiger partial charge in [0.05, 0.1) is 5.69 Å². The number of aromatic nitrogens is 1. The highest BCUT2D eigenvalue weighted by atomic mass is 16.3. The zero-order chi connectivity index (χ0) is 15.0. The average Bonchev–Trinajstić information content (AvgIpc) is 2.88. The quantitative estimate of drug-likeness (QED) is 0.911. The van der Waals surface area contributed by atoms with Gasteiger partial charge in [0.15, 0.2) is 0 Å². The van der Waals surface area contributed by atoms with Crippen LogP contribution in [0, 0.1) is 0 Å². The summed E-state index contributed by atoms with van der Waals surface area (Å²) in [6, 6.07) is 11.4. The molecule has 3 rings (SSSR count). The van der Waals surface area contributed by atoms with Crippen molar-refractivity contribution in [1.82, 2.24) is 4.57 Å². The van der Waals surface area contributed by atoms with E-state index in [1.54, 1.807) is 19.3 Å². The van der Waals surface area contributed by atoms with Gasteiger partial charge in [0.2, 0.25) is 11.7 Å². The Morgan fingerprint density at radius 2 is 1.86 bits per heavy atom. The summed E-state index contributed by atoms with van der Waals surface area (Å²) in [5.41, 5.74) is 0.890. The van der Waals surface area contributed by atoms with Gasteiger partial charge >= 0.3 is 0 Å². The molecule has 1 aliphatic rings. The lowest BCUT2D eigenvalue weighted by molar-refractivity contribution is -0.117. The Balaban J connectivity index is 1.93. The number of pyridine rings is 1. The van der Waals surface area contributed by atoms with Crippen LogP contribution in [0.2, 0.25) is 0 Å². The first-order valence-electron chi connectivity index (χ1n) is 6.82. The molecule has 0 saturated carbocycles. The van der Waals surface area contributed by atoms with E-state index in [0.717, 1.165) is 5.56 Å². The predicted octanol–water partition coefficient (Wildman–Crippen LogP) is 1.61. The highest BCUT2D eigenvalue weighted by molar-refractivity contribution is 5.97. The monoisotopic (exact) mass is 284 g/mol. The smallest absolute Gasteiger partial charge is 0.294 e. The third-order valence-corrected chi connectivity index (χ3v) is 3.91. The fourth-order valence-corrected chi connectivity index (χ4v) is 2.71. The summed E-state index contributed by atoms with van der Waals surface area (Å²) in [6.07, 6.45) is 1.94. The van der Waals surface area contributed by atoms with Crippen LogP contribution in [0.15, 0.2) is 47.4 Å². The number of nitrogens with zero attached hydrogens (tertiary/aromatic N) is 2. The van der Waals surface area contributed by atoms with Gasteiger partial charge < -0.3 is 14.6 Å². The molecule has 1 fully saturated rings. The van der Waals surface area contributed by atoms with Crippen LogP contribution in [0.4, 0.5) is 5.69 Å². The molecule has 0 unspecified atom stereocenters. The zero-order valence-corrected chi connectivity index (χ0v) is 11.7. The molecule has 1 saturated heterocycles. The highest BCUT2D eigenvalue weighted by Gasteiger charge is 2.33. The second-order valence-corrected chi connectivity index (χ2v) is 5.28. The van der Waals surface area contributed by atoms with Crippen LogP contribution in [0.5, 0.6) is 5.75 Å². The largest absolute Gasteiger partial charge is 0.502 e. The number of carbonyl (C=O) groups excluding carboxylic acids is 1. The maximum Gasteiger partial charge on any atom is 0.294 e. The van der Waals surface area contributed by atoms with Crippen LogP contribution in [-0.4, -0.2) is 22.1 Å². The van der Waals surface area contributed by atoms with E-state index in [1.165, 1.54) is 9.47 Å². The zero-order valence-electron chi connectivity index (χ0n) is 11.7. The Labute approximate surface area is 122 Å². The average molecular weight is 284 g/mol. The predicted molar refractivity (Wildman–Crippen MR) is 79.5 cm³/mol. The normalized spacial score (nSPS) is 18.2. The molecule has 0 radical (unpaired) electrons. The number of hydrogen-bond acceptors (Lipinski definition) is 3. The van der Waals surface area contributed by atoms with Gasteiger partial charge in [0, 0.05) is 32.1 Å². The number of rotatable bonds is 2. The van der Waals surface area contributed by atoms with Crippen molar-refractivity contribution < 1.29 is 9.90 Å². The lowest BCUT2D eigenvalue weighted by Crippen LogP contribution is -2.27. The van der Waals surface area contributed by atoms with E-state index in [4.69, 9.17) is 0 Å². The van der Waals surface area contributed by atoms with Crippen molar-refractivity contribution in [3.63, 3.8) is 0 Å². The molecule has 1 atom stereocenters. The van der Waals surface area contributed by atoms with E-state index in [-0.39, 0.29) is 17.6 Å². The third kappa shape index (κ3) is 2.31. The number of aromatic hydroxyl groups is 1. The molecular weight excluding hydrogens is 268 g/mol. The first-order chi connectivity index (χ1) is 10.1. The van der Waals surface area contributed by atoms with Gasteiger partial charge in [-0.25, -0.2) is 0 Å². The van der Waals surface area contributed by atoms with Crippen LogP contribution in [0.3, 0.4) is 0 Å². The molecule has 108 valence electrons. The molecule has 5 heteroatoms. The van der Waals surface area contributed by atoms with E-state index in [9.17, 15) is 14.7 Å². The fraction of sp³-hybridized carbons (Fsp3) is 0.250. The summed E-state index contributed by atoms with van der Waals surface area (Å²) in [7, 11) is 1.56. The molecule has 1 aromatic carbocycles. The molecule has 2 heterocycles. The molecule has 1 aliphatic heterocycles. The number of aryl methyl sites for hydroxylation is 1. The van der Waals surface area contributed by atoms with Gasteiger partial charge in [-0.05, 0) is 11.6 Å². The van der Waals surface area contributed by atoms with Crippen molar-refractivity contribution in [3.05, 3.63) is 58.5 Å². The van der Waals surface area contributed by atoms with Crippen LogP contribution in [0.1, 0.15) is 17.9 Å². The molecular formula is C16H16N2O3. The number of carbonyl (C=O) groups is 1. The van der Waals surface area contributed by atoms with Crippen LogP contribution in [-0.2, 0) is 11.8 Å². The lowest BCUT2D eigenvalue weighted by Gasteiger charge is -2.18. The maximum atomic E-state index is 12.2.